The van der Waals surface area contributed by atoms with Crippen LogP contribution in [0.4, 0.5) is 0 Å². The minimum atomic E-state index is 0.540. The van der Waals surface area contributed by atoms with Crippen molar-refractivity contribution in [2.45, 2.75) is 0 Å². The van der Waals surface area contributed by atoms with Gasteiger partial charge in [-0.25, -0.2) is 15.0 Å². The second kappa shape index (κ2) is 17.8. The fraction of sp³-hybridized carbons (Fsp3) is 0. The van der Waals surface area contributed by atoms with Crippen LogP contribution in [-0.2, 0) is 0 Å². The van der Waals surface area contributed by atoms with Crippen molar-refractivity contribution in [1.82, 2.24) is 19.5 Å². The average molecular weight is 1030 g/mol. The lowest BCUT2D eigenvalue weighted by molar-refractivity contribution is 0.668. The highest BCUT2D eigenvalue weighted by Gasteiger charge is 2.24. The van der Waals surface area contributed by atoms with E-state index in [4.69, 9.17) is 23.8 Å². The lowest BCUT2D eigenvalue weighted by Crippen LogP contribution is -2.00. The van der Waals surface area contributed by atoms with Crippen molar-refractivity contribution in [3.8, 4) is 73.2 Å². The summed E-state index contributed by atoms with van der Waals surface area (Å²) in [5.74, 6) is 1.66. The first kappa shape index (κ1) is 45.1. The number of hydrogen-bond acceptors (Lipinski definition) is 5. The predicted octanol–water partition coefficient (Wildman–Crippen LogP) is 20.2. The standard InChI is InChI=1S/C75H44N4O2/c1-2-13-45(14-3-1)47-27-32-51(33-28-47)73-76-74(56-36-38-68-63(41-56)58-21-10-11-23-67(58)80-68)78-75(77-73)60-22-12-24-69-71(60)64-43-61(50-30-25-48(26-31-50)55-34-29-46-15-4-5-17-52(46)39-55)66(44-70(64)81-69)79-65-42-54-19-7-6-18-53(54)40-62(65)59-37-35-49-16-8-9-20-57(49)72(59)79/h1-44H. The van der Waals surface area contributed by atoms with Crippen LogP contribution in [0.1, 0.15) is 0 Å². The molecule has 0 atom stereocenters. The molecule has 13 aromatic carbocycles. The maximum Gasteiger partial charge on any atom is 0.164 e. The van der Waals surface area contributed by atoms with Crippen molar-refractivity contribution in [3.05, 3.63) is 267 Å². The molecule has 0 spiro atoms. The Balaban J connectivity index is 0.914. The molecule has 376 valence electrons. The molecule has 0 amide bonds. The summed E-state index contributed by atoms with van der Waals surface area (Å²) in [5, 5.41) is 13.5. The highest BCUT2D eigenvalue weighted by Crippen LogP contribution is 2.46. The number of furan rings is 2. The third-order valence-electron chi connectivity index (χ3n) is 16.4. The van der Waals surface area contributed by atoms with Crippen LogP contribution in [0.2, 0.25) is 0 Å². The first-order valence-corrected chi connectivity index (χ1v) is 27.4. The van der Waals surface area contributed by atoms with Crippen LogP contribution >= 0.6 is 0 Å². The maximum atomic E-state index is 7.11. The largest absolute Gasteiger partial charge is 0.456 e. The number of benzene rings is 13. The highest BCUT2D eigenvalue weighted by molar-refractivity contribution is 6.22. The predicted molar refractivity (Wildman–Crippen MR) is 334 cm³/mol. The zero-order chi connectivity index (χ0) is 53.1. The molecule has 17 rings (SSSR count). The van der Waals surface area contributed by atoms with E-state index in [1.54, 1.807) is 0 Å². The van der Waals surface area contributed by atoms with E-state index in [0.29, 0.717) is 17.5 Å². The molecule has 81 heavy (non-hydrogen) atoms. The SMILES string of the molecule is c1ccc(-c2ccc(-c3nc(-c4ccc5oc6ccccc6c5c4)nc(-c4cccc5oc6cc(-n7c8cc9ccccc9cc8c8ccc9ccccc9c87)c(-c7ccc(-c8ccc9ccccc9c8)cc7)cc6c45)n3)cc2)cc1. The molecule has 0 aliphatic heterocycles. The van der Waals surface area contributed by atoms with Crippen LogP contribution in [0.3, 0.4) is 0 Å². The van der Waals surface area contributed by atoms with Crippen LogP contribution in [0.25, 0.3) is 171 Å². The van der Waals surface area contributed by atoms with E-state index in [-0.39, 0.29) is 0 Å². The lowest BCUT2D eigenvalue weighted by Gasteiger charge is -2.16. The minimum absolute atomic E-state index is 0.540. The molecule has 6 nitrogen and oxygen atoms in total. The van der Waals surface area contributed by atoms with Crippen molar-refractivity contribution in [1.29, 1.82) is 0 Å². The molecule has 0 fully saturated rings. The molecule has 4 heterocycles. The number of rotatable bonds is 7. The van der Waals surface area contributed by atoms with Crippen molar-refractivity contribution in [2.24, 2.45) is 0 Å². The fourth-order valence-electron chi connectivity index (χ4n) is 12.5. The monoisotopic (exact) mass is 1030 g/mol. The van der Waals surface area contributed by atoms with Crippen LogP contribution in [0, 0.1) is 0 Å². The van der Waals surface area contributed by atoms with E-state index in [9.17, 15) is 0 Å². The Kier molecular flexibility index (Phi) is 9.91. The van der Waals surface area contributed by atoms with Gasteiger partial charge in [0.25, 0.3) is 0 Å². The summed E-state index contributed by atoms with van der Waals surface area (Å²) in [6, 6.07) is 95.0. The molecule has 0 aliphatic rings. The van der Waals surface area contributed by atoms with Gasteiger partial charge in [-0.2, -0.15) is 0 Å². The number of nitrogens with zero attached hydrogens (tertiary/aromatic N) is 4. The molecular formula is C75H44N4O2. The maximum absolute atomic E-state index is 7.11. The third-order valence-corrected chi connectivity index (χ3v) is 16.4. The Morgan fingerprint density at radius 1 is 0.259 bits per heavy atom. The fourth-order valence-corrected chi connectivity index (χ4v) is 12.5. The normalized spacial score (nSPS) is 12.0. The Bertz CT molecular complexity index is 5400. The highest BCUT2D eigenvalue weighted by atomic mass is 16.3. The quantitative estimate of drug-likeness (QED) is 0.159. The van der Waals surface area contributed by atoms with Crippen LogP contribution in [0.15, 0.2) is 276 Å². The summed E-state index contributed by atoms with van der Waals surface area (Å²) in [7, 11) is 0. The topological polar surface area (TPSA) is 69.9 Å². The van der Waals surface area contributed by atoms with Gasteiger partial charge >= 0.3 is 0 Å². The van der Waals surface area contributed by atoms with Crippen molar-refractivity contribution in [3.63, 3.8) is 0 Å². The third kappa shape index (κ3) is 7.31. The minimum Gasteiger partial charge on any atom is -0.456 e. The van der Waals surface area contributed by atoms with E-state index >= 15 is 0 Å². The van der Waals surface area contributed by atoms with Gasteiger partial charge < -0.3 is 13.4 Å². The summed E-state index contributed by atoms with van der Waals surface area (Å²) in [6.07, 6.45) is 0. The first-order chi connectivity index (χ1) is 40.1. The molecule has 4 aromatic heterocycles. The summed E-state index contributed by atoms with van der Waals surface area (Å²) >= 11 is 0. The Hall–Kier alpha value is -11.0. The van der Waals surface area contributed by atoms with E-state index < -0.39 is 0 Å². The molecule has 0 saturated carbocycles. The van der Waals surface area contributed by atoms with Gasteiger partial charge in [0.15, 0.2) is 17.5 Å². The zero-order valence-corrected chi connectivity index (χ0v) is 43.5. The molecule has 0 unspecified atom stereocenters. The van der Waals surface area contributed by atoms with Gasteiger partial charge in [-0.05, 0) is 109 Å². The Morgan fingerprint density at radius 3 is 1.64 bits per heavy atom. The number of hydrogen-bond donors (Lipinski definition) is 0. The van der Waals surface area contributed by atoms with E-state index in [1.807, 2.05) is 42.5 Å². The second-order valence-electron chi connectivity index (χ2n) is 21.1. The molecule has 0 radical (unpaired) electrons. The van der Waals surface area contributed by atoms with Gasteiger partial charge in [0, 0.05) is 66.0 Å². The molecule has 6 heteroatoms. The summed E-state index contributed by atoms with van der Waals surface area (Å²) in [4.78, 5) is 16.0. The number of para-hydroxylation sites is 1. The molecule has 0 N–H and O–H groups in total. The molecule has 17 aromatic rings. The Morgan fingerprint density at radius 2 is 0.827 bits per heavy atom. The number of fused-ring (bicyclic) bond motifs is 13. The van der Waals surface area contributed by atoms with E-state index in [1.165, 1.54) is 48.7 Å². The van der Waals surface area contributed by atoms with E-state index in [0.717, 1.165) is 105 Å². The summed E-state index contributed by atoms with van der Waals surface area (Å²) in [6.45, 7) is 0. The van der Waals surface area contributed by atoms with Crippen molar-refractivity contribution < 1.29 is 8.83 Å². The smallest absolute Gasteiger partial charge is 0.164 e. The molecule has 0 bridgehead atoms. The van der Waals surface area contributed by atoms with Gasteiger partial charge in [-0.3, -0.25) is 0 Å². The Labute approximate surface area is 464 Å². The van der Waals surface area contributed by atoms with Gasteiger partial charge in [-0.1, -0.05) is 206 Å². The first-order valence-electron chi connectivity index (χ1n) is 27.4. The van der Waals surface area contributed by atoms with Crippen molar-refractivity contribution >= 4 is 98.0 Å². The van der Waals surface area contributed by atoms with Gasteiger partial charge in [0.2, 0.25) is 0 Å². The summed E-state index contributed by atoms with van der Waals surface area (Å²) in [5.41, 5.74) is 15.7. The van der Waals surface area contributed by atoms with Crippen LogP contribution in [-0.4, -0.2) is 19.5 Å². The van der Waals surface area contributed by atoms with Crippen LogP contribution in [0.5, 0.6) is 0 Å². The molecule has 0 aliphatic carbocycles. The molecule has 0 saturated heterocycles. The van der Waals surface area contributed by atoms with E-state index in [2.05, 4.69) is 229 Å². The van der Waals surface area contributed by atoms with Crippen LogP contribution < -0.4 is 0 Å². The second-order valence-corrected chi connectivity index (χ2v) is 21.1. The average Bonchev–Trinajstić information content (AvgIpc) is 3.58. The zero-order valence-electron chi connectivity index (χ0n) is 43.5. The van der Waals surface area contributed by atoms with Gasteiger partial charge in [-0.15, -0.1) is 0 Å². The van der Waals surface area contributed by atoms with Gasteiger partial charge in [0.1, 0.15) is 22.3 Å². The molecular weight excluding hydrogens is 989 g/mol. The lowest BCUT2D eigenvalue weighted by atomic mass is 9.95. The van der Waals surface area contributed by atoms with Crippen molar-refractivity contribution in [2.75, 3.05) is 0 Å². The number of aromatic nitrogens is 4. The van der Waals surface area contributed by atoms with Gasteiger partial charge in [0.05, 0.1) is 16.7 Å². The summed E-state index contributed by atoms with van der Waals surface area (Å²) < 4.78 is 15.9.